The molecule has 1 fully saturated rings. The number of nitrogens with zero attached hydrogens (tertiary/aromatic N) is 3. The minimum absolute atomic E-state index is 0.295. The van der Waals surface area contributed by atoms with Crippen molar-refractivity contribution in [1.29, 1.82) is 0 Å². The highest BCUT2D eigenvalue weighted by Gasteiger charge is 2.45. The van der Waals surface area contributed by atoms with Gasteiger partial charge in [-0.15, -0.1) is 5.10 Å². The van der Waals surface area contributed by atoms with Crippen LogP contribution in [0.5, 0.6) is 5.75 Å². The Morgan fingerprint density at radius 1 is 1.23 bits per heavy atom. The molecular weight excluding hydrogens is 484 g/mol. The molecule has 1 N–H and O–H groups in total. The number of methoxy groups -OCH3 is 1. The lowest BCUT2D eigenvalue weighted by Crippen LogP contribution is -2.44. The van der Waals surface area contributed by atoms with Gasteiger partial charge in [0.15, 0.2) is 5.82 Å². The summed E-state index contributed by atoms with van der Waals surface area (Å²) in [5, 5.41) is 8.28. The third-order valence-corrected chi connectivity index (χ3v) is 8.12. The summed E-state index contributed by atoms with van der Waals surface area (Å²) >= 11 is 7.57. The average molecular weight is 511 g/mol. The van der Waals surface area contributed by atoms with Gasteiger partial charge in [0, 0.05) is 24.4 Å². The predicted molar refractivity (Wildman–Crippen MR) is 135 cm³/mol. The number of carbonyl (C=O) groups is 1. The third-order valence-electron chi connectivity index (χ3n) is 6.90. The van der Waals surface area contributed by atoms with E-state index in [-0.39, 0.29) is 5.97 Å². The first-order valence-corrected chi connectivity index (χ1v) is 13.0. The predicted octanol–water partition coefficient (Wildman–Crippen LogP) is 6.01. The first-order valence-electron chi connectivity index (χ1n) is 11.8. The number of aryl methyl sites for hydroxylation is 1. The van der Waals surface area contributed by atoms with Gasteiger partial charge in [0.2, 0.25) is 5.16 Å². The molecule has 1 aliphatic heterocycles. The summed E-state index contributed by atoms with van der Waals surface area (Å²) in [7, 11) is 1.61. The molecule has 0 spiro atoms. The fraction of sp³-hybridized carbons (Fsp3) is 0.385. The van der Waals surface area contributed by atoms with Crippen LogP contribution < -0.4 is 4.74 Å². The molecule has 1 aromatic carbocycles. The number of aromatic nitrogens is 4. The standard InChI is InChI=1S/C26H27ClN4O3S/c1-33-21-7-6-17(16-20(21)27)8-12-26(19-4-2-3-5-19)13-9-22(24(32)34-26)35-25-29-23(30-31-25)18-10-14-28-15-11-18/h6-7,9-11,14-16,19H,2-5,8,12-13H2,1H3,(H,29,30,31). The van der Waals surface area contributed by atoms with Crippen molar-refractivity contribution >= 4 is 29.3 Å². The number of esters is 1. The largest absolute Gasteiger partial charge is 0.495 e. The van der Waals surface area contributed by atoms with E-state index >= 15 is 0 Å². The number of pyridine rings is 1. The number of benzene rings is 1. The molecule has 0 radical (unpaired) electrons. The van der Waals surface area contributed by atoms with Crippen molar-refractivity contribution < 1.29 is 14.3 Å². The Bertz CT molecular complexity index is 1230. The highest BCUT2D eigenvalue weighted by atomic mass is 35.5. The van der Waals surface area contributed by atoms with Crippen LogP contribution >= 0.6 is 23.4 Å². The zero-order chi connectivity index (χ0) is 24.3. The molecule has 3 aromatic rings. The Morgan fingerprint density at radius 3 is 2.74 bits per heavy atom. The van der Waals surface area contributed by atoms with Crippen molar-refractivity contribution in [2.75, 3.05) is 7.11 Å². The summed E-state index contributed by atoms with van der Waals surface area (Å²) in [5.41, 5.74) is 1.50. The lowest BCUT2D eigenvalue weighted by molar-refractivity contribution is -0.163. The van der Waals surface area contributed by atoms with Gasteiger partial charge in [0.1, 0.15) is 11.4 Å². The van der Waals surface area contributed by atoms with Gasteiger partial charge >= 0.3 is 5.97 Å². The summed E-state index contributed by atoms with van der Waals surface area (Å²) in [6.45, 7) is 0. The summed E-state index contributed by atoms with van der Waals surface area (Å²) in [5.74, 6) is 1.37. The maximum atomic E-state index is 13.2. The molecule has 5 rings (SSSR count). The number of hydrogen-bond donors (Lipinski definition) is 1. The van der Waals surface area contributed by atoms with Crippen molar-refractivity contribution in [3.63, 3.8) is 0 Å². The van der Waals surface area contributed by atoms with Crippen LogP contribution in [-0.4, -0.2) is 38.8 Å². The van der Waals surface area contributed by atoms with Crippen LogP contribution in [0.4, 0.5) is 0 Å². The average Bonchev–Trinajstić information content (AvgIpc) is 3.58. The molecule has 9 heteroatoms. The van der Waals surface area contributed by atoms with Crippen LogP contribution in [0.3, 0.4) is 0 Å². The van der Waals surface area contributed by atoms with E-state index in [1.165, 1.54) is 24.6 Å². The van der Waals surface area contributed by atoms with Gasteiger partial charge in [-0.3, -0.25) is 10.1 Å². The van der Waals surface area contributed by atoms with Crippen LogP contribution in [-0.2, 0) is 16.0 Å². The maximum Gasteiger partial charge on any atom is 0.345 e. The second-order valence-corrected chi connectivity index (χ2v) is 10.4. The van der Waals surface area contributed by atoms with Gasteiger partial charge in [-0.05, 0) is 73.2 Å². The first kappa shape index (κ1) is 23.9. The Hall–Kier alpha value is -2.84. The first-order chi connectivity index (χ1) is 17.1. The van der Waals surface area contributed by atoms with Gasteiger partial charge in [-0.25, -0.2) is 9.78 Å². The summed E-state index contributed by atoms with van der Waals surface area (Å²) in [4.78, 5) is 22.2. The maximum absolute atomic E-state index is 13.2. The van der Waals surface area contributed by atoms with Gasteiger partial charge < -0.3 is 9.47 Å². The molecule has 182 valence electrons. The molecule has 0 amide bonds. The summed E-state index contributed by atoms with van der Waals surface area (Å²) < 4.78 is 11.5. The number of H-pyrrole nitrogens is 1. The number of halogens is 1. The molecule has 1 unspecified atom stereocenters. The highest BCUT2D eigenvalue weighted by molar-refractivity contribution is 8.03. The van der Waals surface area contributed by atoms with E-state index < -0.39 is 5.60 Å². The van der Waals surface area contributed by atoms with E-state index in [0.29, 0.717) is 39.0 Å². The number of hydrogen-bond acceptors (Lipinski definition) is 7. The molecule has 1 saturated carbocycles. The van der Waals surface area contributed by atoms with Crippen LogP contribution in [0.2, 0.25) is 5.02 Å². The van der Waals surface area contributed by atoms with E-state index in [1.807, 2.05) is 36.4 Å². The Morgan fingerprint density at radius 2 is 2.03 bits per heavy atom. The van der Waals surface area contributed by atoms with Crippen molar-refractivity contribution in [2.45, 2.75) is 55.7 Å². The molecule has 3 heterocycles. The molecule has 2 aromatic heterocycles. The lowest BCUT2D eigenvalue weighted by Gasteiger charge is -2.40. The Kier molecular flexibility index (Phi) is 7.11. The van der Waals surface area contributed by atoms with E-state index in [9.17, 15) is 4.79 Å². The fourth-order valence-corrected chi connectivity index (χ4v) is 6.02. The molecule has 1 atom stereocenters. The number of ether oxygens (including phenoxy) is 2. The van der Waals surface area contributed by atoms with Crippen molar-refractivity contribution in [1.82, 2.24) is 20.2 Å². The zero-order valence-electron chi connectivity index (χ0n) is 19.5. The van der Waals surface area contributed by atoms with Crippen LogP contribution in [0.25, 0.3) is 11.4 Å². The fourth-order valence-electron chi connectivity index (χ4n) is 5.02. The zero-order valence-corrected chi connectivity index (χ0v) is 21.1. The van der Waals surface area contributed by atoms with Crippen molar-refractivity contribution in [3.8, 4) is 17.1 Å². The van der Waals surface area contributed by atoms with Crippen molar-refractivity contribution in [3.05, 3.63) is 64.3 Å². The highest BCUT2D eigenvalue weighted by Crippen LogP contribution is 2.46. The van der Waals surface area contributed by atoms with Crippen molar-refractivity contribution in [2.24, 2.45) is 5.92 Å². The quantitative estimate of drug-likeness (QED) is 0.371. The Balaban J connectivity index is 1.31. The van der Waals surface area contributed by atoms with Crippen LogP contribution in [0.1, 0.15) is 44.1 Å². The van der Waals surface area contributed by atoms with E-state index in [0.717, 1.165) is 36.8 Å². The molecule has 0 bridgehead atoms. The smallest absolute Gasteiger partial charge is 0.345 e. The molecule has 2 aliphatic rings. The van der Waals surface area contributed by atoms with E-state index in [4.69, 9.17) is 21.1 Å². The lowest BCUT2D eigenvalue weighted by atomic mass is 9.78. The van der Waals surface area contributed by atoms with E-state index in [1.54, 1.807) is 19.5 Å². The number of nitrogens with one attached hydrogen (secondary N) is 1. The number of carbonyl (C=O) groups excluding carboxylic acids is 1. The van der Waals surface area contributed by atoms with Gasteiger partial charge in [0.05, 0.1) is 17.0 Å². The van der Waals surface area contributed by atoms with Crippen LogP contribution in [0.15, 0.2) is 58.9 Å². The van der Waals surface area contributed by atoms with E-state index in [2.05, 4.69) is 20.2 Å². The molecule has 1 aliphatic carbocycles. The summed E-state index contributed by atoms with van der Waals surface area (Å²) in [6.07, 6.45) is 12.2. The monoisotopic (exact) mass is 510 g/mol. The van der Waals surface area contributed by atoms with Gasteiger partial charge in [0.25, 0.3) is 0 Å². The number of rotatable bonds is 8. The minimum Gasteiger partial charge on any atom is -0.495 e. The number of aromatic amines is 1. The molecule has 0 saturated heterocycles. The molecule has 7 nitrogen and oxygen atoms in total. The minimum atomic E-state index is -0.495. The van der Waals surface area contributed by atoms with Gasteiger partial charge in [-0.1, -0.05) is 36.6 Å². The number of cyclic esters (lactones) is 1. The third kappa shape index (κ3) is 5.23. The van der Waals surface area contributed by atoms with Crippen LogP contribution in [0, 0.1) is 5.92 Å². The molecular formula is C26H27ClN4O3S. The Labute approximate surface area is 213 Å². The van der Waals surface area contributed by atoms with Gasteiger partial charge in [-0.2, -0.15) is 0 Å². The molecule has 35 heavy (non-hydrogen) atoms. The second-order valence-electron chi connectivity index (χ2n) is 8.98. The topological polar surface area (TPSA) is 90.0 Å². The number of thioether (sulfide) groups is 1. The second kappa shape index (κ2) is 10.4. The SMILES string of the molecule is COc1ccc(CCC2(C3CCCC3)CC=C(Sc3n[nH]c(-c4ccncc4)n3)C(=O)O2)cc1Cl. The summed E-state index contributed by atoms with van der Waals surface area (Å²) in [6, 6.07) is 9.56. The normalized spacial score (nSPS) is 20.5.